The molecule has 1 aliphatic heterocycles. The van der Waals surface area contributed by atoms with Crippen LogP contribution in [-0.2, 0) is 0 Å². The lowest BCUT2D eigenvalue weighted by Gasteiger charge is -2.32. The molecule has 1 unspecified atom stereocenters. The number of aliphatic hydroxyl groups is 1. The van der Waals surface area contributed by atoms with E-state index in [9.17, 15) is 10.3 Å². The minimum atomic E-state index is -0.798. The molecule has 1 heterocycles. The maximum Gasteiger partial charge on any atom is 0.116 e. The molecular formula is C7H15NO2. The Morgan fingerprint density at radius 3 is 2.40 bits per heavy atom. The Hall–Kier alpha value is -0.120. The van der Waals surface area contributed by atoms with Crippen LogP contribution in [0.4, 0.5) is 0 Å². The second kappa shape index (κ2) is 2.49. The van der Waals surface area contributed by atoms with E-state index < -0.39 is 5.60 Å². The highest BCUT2D eigenvalue weighted by Crippen LogP contribution is 2.13. The molecule has 0 aromatic carbocycles. The Morgan fingerprint density at radius 2 is 2.20 bits per heavy atom. The standard InChI is InChI=1S/C7H15NO2/c1-7(2,9)6-4-3-5-8(6)10/h6,8-9H,3-5H2,1-2H3/t6-/m0/s1. The molecular weight excluding hydrogens is 130 g/mol. The molecule has 60 valence electrons. The van der Waals surface area contributed by atoms with Gasteiger partial charge in [-0.1, -0.05) is 0 Å². The summed E-state index contributed by atoms with van der Waals surface area (Å²) < 4.78 is 0. The van der Waals surface area contributed by atoms with Crippen LogP contribution >= 0.6 is 0 Å². The summed E-state index contributed by atoms with van der Waals surface area (Å²) in [6, 6.07) is -0.104. The highest BCUT2D eigenvalue weighted by molar-refractivity contribution is 4.79. The first-order valence-electron chi connectivity index (χ1n) is 3.77. The van der Waals surface area contributed by atoms with Crippen molar-refractivity contribution in [2.45, 2.75) is 38.3 Å². The SMILES string of the molecule is CC(C)(O)[C@@H]1CCC[NH+]1[O-]. The Labute approximate surface area is 61.2 Å². The second-order valence-electron chi connectivity index (χ2n) is 3.56. The highest BCUT2D eigenvalue weighted by atomic mass is 16.5. The zero-order valence-electron chi connectivity index (χ0n) is 6.55. The molecule has 1 fully saturated rings. The molecule has 0 bridgehead atoms. The normalized spacial score (nSPS) is 34.8. The van der Waals surface area contributed by atoms with Crippen molar-refractivity contribution in [3.63, 3.8) is 0 Å². The molecule has 2 atom stereocenters. The predicted octanol–water partition coefficient (Wildman–Crippen LogP) is -0.698. The van der Waals surface area contributed by atoms with E-state index in [2.05, 4.69) is 0 Å². The molecule has 0 saturated carbocycles. The lowest BCUT2D eigenvalue weighted by molar-refractivity contribution is -0.869. The summed E-state index contributed by atoms with van der Waals surface area (Å²) in [5.74, 6) is 0. The number of hydroxylamine groups is 2. The van der Waals surface area contributed by atoms with Crippen molar-refractivity contribution in [3.05, 3.63) is 5.21 Å². The molecule has 0 radical (unpaired) electrons. The predicted molar refractivity (Wildman–Crippen MR) is 38.5 cm³/mol. The monoisotopic (exact) mass is 145 g/mol. The summed E-state index contributed by atoms with van der Waals surface area (Å²) >= 11 is 0. The van der Waals surface area contributed by atoms with E-state index in [1.807, 2.05) is 0 Å². The molecule has 1 saturated heterocycles. The molecule has 1 rings (SSSR count). The maximum absolute atomic E-state index is 11.1. The average molecular weight is 145 g/mol. The molecule has 0 amide bonds. The van der Waals surface area contributed by atoms with Crippen LogP contribution in [-0.4, -0.2) is 23.3 Å². The zero-order valence-corrected chi connectivity index (χ0v) is 6.55. The zero-order chi connectivity index (χ0) is 7.78. The molecule has 10 heavy (non-hydrogen) atoms. The van der Waals surface area contributed by atoms with Crippen LogP contribution in [0.15, 0.2) is 0 Å². The third-order valence-corrected chi connectivity index (χ3v) is 2.16. The quantitative estimate of drug-likeness (QED) is 0.479. The molecule has 0 aliphatic carbocycles. The van der Waals surface area contributed by atoms with Crippen LogP contribution in [0.5, 0.6) is 0 Å². The van der Waals surface area contributed by atoms with E-state index >= 15 is 0 Å². The van der Waals surface area contributed by atoms with Gasteiger partial charge in [-0.2, -0.15) is 0 Å². The smallest absolute Gasteiger partial charge is 0.116 e. The van der Waals surface area contributed by atoms with Crippen LogP contribution in [0.1, 0.15) is 26.7 Å². The average Bonchev–Trinajstić information content (AvgIpc) is 2.11. The highest BCUT2D eigenvalue weighted by Gasteiger charge is 2.35. The minimum Gasteiger partial charge on any atom is -0.634 e. The summed E-state index contributed by atoms with van der Waals surface area (Å²) in [5, 5.41) is 20.8. The van der Waals surface area contributed by atoms with Gasteiger partial charge in [-0.3, -0.25) is 0 Å². The first-order chi connectivity index (χ1) is 4.52. The maximum atomic E-state index is 11.1. The van der Waals surface area contributed by atoms with Crippen LogP contribution in [0, 0.1) is 5.21 Å². The lowest BCUT2D eigenvalue weighted by Crippen LogP contribution is -3.11. The van der Waals surface area contributed by atoms with E-state index in [4.69, 9.17) is 0 Å². The molecule has 0 aromatic rings. The summed E-state index contributed by atoms with van der Waals surface area (Å²) in [7, 11) is 0. The van der Waals surface area contributed by atoms with Gasteiger partial charge in [0, 0.05) is 12.8 Å². The Morgan fingerprint density at radius 1 is 1.60 bits per heavy atom. The van der Waals surface area contributed by atoms with Crippen molar-refractivity contribution in [2.24, 2.45) is 0 Å². The third-order valence-electron chi connectivity index (χ3n) is 2.16. The van der Waals surface area contributed by atoms with E-state index in [-0.39, 0.29) is 11.1 Å². The van der Waals surface area contributed by atoms with Crippen LogP contribution in [0.25, 0.3) is 0 Å². The van der Waals surface area contributed by atoms with Gasteiger partial charge in [-0.15, -0.1) is 0 Å². The van der Waals surface area contributed by atoms with Crippen molar-refractivity contribution in [1.82, 2.24) is 0 Å². The number of nitrogens with one attached hydrogen (secondary N) is 1. The fourth-order valence-electron chi connectivity index (χ4n) is 1.56. The van der Waals surface area contributed by atoms with Gasteiger partial charge in [0.25, 0.3) is 0 Å². The number of hydrogen-bond acceptors (Lipinski definition) is 2. The minimum absolute atomic E-state index is 0.104. The van der Waals surface area contributed by atoms with Crippen molar-refractivity contribution in [3.8, 4) is 0 Å². The van der Waals surface area contributed by atoms with Crippen LogP contribution < -0.4 is 5.06 Å². The van der Waals surface area contributed by atoms with Gasteiger partial charge in [0.1, 0.15) is 11.6 Å². The van der Waals surface area contributed by atoms with Gasteiger partial charge in [-0.05, 0) is 13.8 Å². The van der Waals surface area contributed by atoms with E-state index in [0.717, 1.165) is 12.8 Å². The molecule has 3 nitrogen and oxygen atoms in total. The molecule has 0 spiro atoms. The fourth-order valence-corrected chi connectivity index (χ4v) is 1.56. The second-order valence-corrected chi connectivity index (χ2v) is 3.56. The fraction of sp³-hybridized carbons (Fsp3) is 1.00. The number of rotatable bonds is 1. The Kier molecular flexibility index (Phi) is 1.99. The van der Waals surface area contributed by atoms with Crippen molar-refractivity contribution in [2.75, 3.05) is 6.54 Å². The molecule has 0 aromatic heterocycles. The van der Waals surface area contributed by atoms with Crippen molar-refractivity contribution < 1.29 is 10.2 Å². The first-order valence-corrected chi connectivity index (χ1v) is 3.77. The van der Waals surface area contributed by atoms with Gasteiger partial charge in [0.2, 0.25) is 0 Å². The third kappa shape index (κ3) is 1.48. The largest absolute Gasteiger partial charge is 0.634 e. The topological polar surface area (TPSA) is 47.7 Å². The van der Waals surface area contributed by atoms with E-state index in [1.165, 1.54) is 0 Å². The number of hydrogen-bond donors (Lipinski definition) is 2. The van der Waals surface area contributed by atoms with Gasteiger partial charge >= 0.3 is 0 Å². The molecule has 1 aliphatic rings. The summed E-state index contributed by atoms with van der Waals surface area (Å²) in [4.78, 5) is 0. The van der Waals surface area contributed by atoms with E-state index in [1.54, 1.807) is 13.8 Å². The Bertz CT molecular complexity index is 119. The molecule has 3 heteroatoms. The first kappa shape index (κ1) is 7.98. The van der Waals surface area contributed by atoms with E-state index in [0.29, 0.717) is 6.54 Å². The Balaban J connectivity index is 2.55. The lowest BCUT2D eigenvalue weighted by atomic mass is 9.98. The van der Waals surface area contributed by atoms with Gasteiger partial charge in [0.05, 0.1) is 6.54 Å². The van der Waals surface area contributed by atoms with Crippen molar-refractivity contribution in [1.29, 1.82) is 0 Å². The summed E-state index contributed by atoms with van der Waals surface area (Å²) in [6.07, 6.45) is 1.82. The summed E-state index contributed by atoms with van der Waals surface area (Å²) in [6.45, 7) is 4.08. The number of quaternary nitrogens is 1. The van der Waals surface area contributed by atoms with Gasteiger partial charge in [-0.25, -0.2) is 0 Å². The van der Waals surface area contributed by atoms with Gasteiger partial charge < -0.3 is 15.4 Å². The van der Waals surface area contributed by atoms with Crippen LogP contribution in [0.2, 0.25) is 0 Å². The van der Waals surface area contributed by atoms with Gasteiger partial charge in [0.15, 0.2) is 0 Å². The van der Waals surface area contributed by atoms with Crippen molar-refractivity contribution >= 4 is 0 Å². The summed E-state index contributed by atoms with van der Waals surface area (Å²) in [5.41, 5.74) is -0.798. The molecule has 2 N–H and O–H groups in total. The van der Waals surface area contributed by atoms with Crippen LogP contribution in [0.3, 0.4) is 0 Å².